The van der Waals surface area contributed by atoms with Gasteiger partial charge in [-0.1, -0.05) is 12.1 Å². The van der Waals surface area contributed by atoms with E-state index >= 15 is 0 Å². The number of hydrogen-bond donors (Lipinski definition) is 1. The van der Waals surface area contributed by atoms with Crippen LogP contribution in [0, 0.1) is 20.2 Å². The molecule has 23 heavy (non-hydrogen) atoms. The van der Waals surface area contributed by atoms with Crippen LogP contribution in [0.15, 0.2) is 48.8 Å². The molecule has 0 unspecified atom stereocenters. The van der Waals surface area contributed by atoms with Crippen molar-refractivity contribution in [3.8, 4) is 0 Å². The van der Waals surface area contributed by atoms with Crippen molar-refractivity contribution in [3.05, 3.63) is 80.2 Å². The van der Waals surface area contributed by atoms with Gasteiger partial charge in [0.15, 0.2) is 0 Å². The lowest BCUT2D eigenvalue weighted by Crippen LogP contribution is -1.82. The van der Waals surface area contributed by atoms with Crippen LogP contribution < -0.4 is 0 Å². The summed E-state index contributed by atoms with van der Waals surface area (Å²) in [7, 11) is 0. The second-order valence-electron chi connectivity index (χ2n) is 4.94. The third-order valence-corrected chi connectivity index (χ3v) is 3.42. The zero-order valence-electron chi connectivity index (χ0n) is 11.8. The molecule has 0 radical (unpaired) electrons. The fourth-order valence-electron chi connectivity index (χ4n) is 2.43. The lowest BCUT2D eigenvalue weighted by atomic mass is 10.1. The monoisotopic (exact) mass is 309 g/mol. The van der Waals surface area contributed by atoms with Crippen molar-refractivity contribution in [2.24, 2.45) is 0 Å². The second-order valence-corrected chi connectivity index (χ2v) is 4.94. The first-order valence-corrected chi connectivity index (χ1v) is 6.72. The quantitative estimate of drug-likeness (QED) is 0.584. The number of nitrogens with one attached hydrogen (secondary N) is 1. The molecule has 0 saturated heterocycles. The van der Waals surface area contributed by atoms with E-state index in [1.165, 1.54) is 12.2 Å². The molecule has 0 fully saturated rings. The summed E-state index contributed by atoms with van der Waals surface area (Å²) in [4.78, 5) is 23.1. The van der Waals surface area contributed by atoms with Crippen LogP contribution in [-0.4, -0.2) is 14.8 Å². The number of nitro groups is 2. The van der Waals surface area contributed by atoms with Crippen molar-refractivity contribution in [2.45, 2.75) is 0 Å². The molecule has 3 rings (SSSR count). The summed E-state index contributed by atoms with van der Waals surface area (Å²) >= 11 is 0. The van der Waals surface area contributed by atoms with E-state index in [0.717, 1.165) is 34.2 Å². The van der Waals surface area contributed by atoms with Gasteiger partial charge in [-0.05, 0) is 35.4 Å². The highest BCUT2D eigenvalue weighted by molar-refractivity contribution is 6.08. The fraction of sp³-hybridized carbons (Fsp3) is 0. The fourth-order valence-corrected chi connectivity index (χ4v) is 2.43. The average Bonchev–Trinajstić information content (AvgIpc) is 2.88. The van der Waals surface area contributed by atoms with Gasteiger partial charge in [0.2, 0.25) is 12.4 Å². The number of rotatable bonds is 4. The number of H-pyrrole nitrogens is 1. The number of nitrogens with zero attached hydrogens (tertiary/aromatic N) is 2. The molecular weight excluding hydrogens is 298 g/mol. The van der Waals surface area contributed by atoms with E-state index in [0.29, 0.717) is 11.1 Å². The number of aromatic nitrogens is 1. The molecule has 7 heteroatoms. The zero-order chi connectivity index (χ0) is 16.4. The number of aromatic amines is 1. The minimum absolute atomic E-state index is 0.514. The predicted molar refractivity (Wildman–Crippen MR) is 87.9 cm³/mol. The van der Waals surface area contributed by atoms with Crippen LogP contribution in [0.3, 0.4) is 0 Å². The van der Waals surface area contributed by atoms with Gasteiger partial charge in [0, 0.05) is 34.0 Å². The normalized spacial score (nSPS) is 11.8. The lowest BCUT2D eigenvalue weighted by Gasteiger charge is -1.96. The van der Waals surface area contributed by atoms with Crippen LogP contribution >= 0.6 is 0 Å². The molecule has 3 aromatic rings. The largest absolute Gasteiger partial charge is 0.355 e. The number of hydrogen-bond acceptors (Lipinski definition) is 4. The molecule has 114 valence electrons. The molecule has 1 aromatic heterocycles. The first-order chi connectivity index (χ1) is 11.0. The van der Waals surface area contributed by atoms with Crippen LogP contribution in [0.1, 0.15) is 11.1 Å². The minimum Gasteiger partial charge on any atom is -0.355 e. The van der Waals surface area contributed by atoms with E-state index in [-0.39, 0.29) is 0 Å². The molecule has 0 aliphatic carbocycles. The maximum atomic E-state index is 10.4. The van der Waals surface area contributed by atoms with Crippen molar-refractivity contribution in [3.63, 3.8) is 0 Å². The van der Waals surface area contributed by atoms with Gasteiger partial charge >= 0.3 is 0 Å². The smallest absolute Gasteiger partial charge is 0.235 e. The van der Waals surface area contributed by atoms with Crippen molar-refractivity contribution in [1.82, 2.24) is 4.98 Å². The van der Waals surface area contributed by atoms with E-state index < -0.39 is 9.85 Å². The predicted octanol–water partition coefficient (Wildman–Crippen LogP) is 3.82. The van der Waals surface area contributed by atoms with Gasteiger partial charge in [-0.3, -0.25) is 20.2 Å². The maximum Gasteiger partial charge on any atom is 0.235 e. The molecule has 0 saturated carbocycles. The Morgan fingerprint density at radius 3 is 1.61 bits per heavy atom. The molecule has 0 bridgehead atoms. The Morgan fingerprint density at radius 1 is 0.783 bits per heavy atom. The van der Waals surface area contributed by atoms with Gasteiger partial charge in [0.05, 0.1) is 9.85 Å². The summed E-state index contributed by atoms with van der Waals surface area (Å²) in [5.41, 5.74) is 3.21. The lowest BCUT2D eigenvalue weighted by molar-refractivity contribution is -0.401. The Bertz CT molecular complexity index is 907. The van der Waals surface area contributed by atoms with Crippen molar-refractivity contribution < 1.29 is 9.85 Å². The molecule has 0 amide bonds. The minimum atomic E-state index is -0.514. The summed E-state index contributed by atoms with van der Waals surface area (Å²) in [6.07, 6.45) is 4.63. The highest BCUT2D eigenvalue weighted by Gasteiger charge is 2.05. The van der Waals surface area contributed by atoms with Gasteiger partial charge in [-0.15, -0.1) is 0 Å². The Hall–Kier alpha value is -3.48. The highest BCUT2D eigenvalue weighted by Crippen LogP contribution is 2.28. The van der Waals surface area contributed by atoms with Crippen LogP contribution in [0.5, 0.6) is 0 Å². The van der Waals surface area contributed by atoms with Gasteiger partial charge in [0.25, 0.3) is 0 Å². The molecule has 0 spiro atoms. The van der Waals surface area contributed by atoms with Gasteiger partial charge in [-0.2, -0.15) is 0 Å². The van der Waals surface area contributed by atoms with E-state index in [2.05, 4.69) is 4.98 Å². The Kier molecular flexibility index (Phi) is 3.60. The van der Waals surface area contributed by atoms with E-state index in [9.17, 15) is 20.2 Å². The average molecular weight is 309 g/mol. The molecule has 1 heterocycles. The van der Waals surface area contributed by atoms with Crippen molar-refractivity contribution >= 4 is 34.0 Å². The molecular formula is C16H11N3O4. The molecule has 0 aliphatic heterocycles. The highest BCUT2D eigenvalue weighted by atomic mass is 16.6. The third-order valence-electron chi connectivity index (χ3n) is 3.42. The SMILES string of the molecule is O=[N+]([O-])/C=C/c1ccc2[nH]c3ccc(/C=C/[N+](=O)[O-])cc3c2c1. The van der Waals surface area contributed by atoms with E-state index in [4.69, 9.17) is 0 Å². The Morgan fingerprint density at radius 2 is 1.22 bits per heavy atom. The Balaban J connectivity index is 2.12. The summed E-state index contributed by atoms with van der Waals surface area (Å²) in [6, 6.07) is 10.9. The van der Waals surface area contributed by atoms with Crippen molar-refractivity contribution in [1.29, 1.82) is 0 Å². The van der Waals surface area contributed by atoms with Gasteiger partial charge in [0.1, 0.15) is 0 Å². The van der Waals surface area contributed by atoms with Crippen LogP contribution in [0.25, 0.3) is 34.0 Å². The number of benzene rings is 2. The first-order valence-electron chi connectivity index (χ1n) is 6.72. The van der Waals surface area contributed by atoms with E-state index in [1.807, 2.05) is 24.3 Å². The molecule has 0 aliphatic rings. The third kappa shape index (κ3) is 3.08. The first kappa shape index (κ1) is 14.5. The van der Waals surface area contributed by atoms with Crippen LogP contribution in [-0.2, 0) is 0 Å². The topological polar surface area (TPSA) is 102 Å². The van der Waals surface area contributed by atoms with Crippen LogP contribution in [0.4, 0.5) is 0 Å². The van der Waals surface area contributed by atoms with Gasteiger partial charge in [-0.25, -0.2) is 0 Å². The molecule has 1 N–H and O–H groups in total. The van der Waals surface area contributed by atoms with Crippen LogP contribution in [0.2, 0.25) is 0 Å². The standard InChI is InChI=1S/C16H11N3O4/c20-18(21)7-5-11-1-3-15-13(9-11)14-10-12(6-8-19(22)23)2-4-16(14)17-15/h1-10,17H/b7-5+,8-6+. The molecule has 7 nitrogen and oxygen atoms in total. The maximum absolute atomic E-state index is 10.4. The van der Waals surface area contributed by atoms with Crippen molar-refractivity contribution in [2.75, 3.05) is 0 Å². The number of fused-ring (bicyclic) bond motifs is 3. The molecule has 0 atom stereocenters. The summed E-state index contributed by atoms with van der Waals surface area (Å²) in [6.45, 7) is 0. The summed E-state index contributed by atoms with van der Waals surface area (Å²) in [5, 5.41) is 22.6. The summed E-state index contributed by atoms with van der Waals surface area (Å²) in [5.74, 6) is 0. The van der Waals surface area contributed by atoms with E-state index in [1.54, 1.807) is 12.1 Å². The second kappa shape index (κ2) is 5.72. The molecule has 2 aromatic carbocycles. The Labute approximate surface area is 129 Å². The van der Waals surface area contributed by atoms with Gasteiger partial charge < -0.3 is 4.98 Å². The summed E-state index contributed by atoms with van der Waals surface area (Å²) < 4.78 is 0. The zero-order valence-corrected chi connectivity index (χ0v) is 11.8.